The van der Waals surface area contributed by atoms with E-state index in [2.05, 4.69) is 5.10 Å². The van der Waals surface area contributed by atoms with Crippen molar-refractivity contribution >= 4 is 51.8 Å². The summed E-state index contributed by atoms with van der Waals surface area (Å²) in [5.74, 6) is -0.517. The smallest absolute Gasteiger partial charge is 0.262 e. The van der Waals surface area contributed by atoms with Gasteiger partial charge in [-0.1, -0.05) is 35.9 Å². The van der Waals surface area contributed by atoms with Crippen LogP contribution in [-0.2, 0) is 4.79 Å². The van der Waals surface area contributed by atoms with Gasteiger partial charge in [-0.3, -0.25) is 9.59 Å². The van der Waals surface area contributed by atoms with Crippen molar-refractivity contribution in [2.75, 3.05) is 13.6 Å². The third kappa shape index (κ3) is 4.12. The Balaban J connectivity index is 1.55. The lowest BCUT2D eigenvalue weighted by molar-refractivity contribution is -0.133. The van der Waals surface area contributed by atoms with E-state index in [1.165, 1.54) is 9.91 Å². The maximum absolute atomic E-state index is 13.1. The van der Waals surface area contributed by atoms with E-state index in [-0.39, 0.29) is 24.4 Å². The van der Waals surface area contributed by atoms with Gasteiger partial charge < -0.3 is 4.90 Å². The second kappa shape index (κ2) is 8.49. The van der Waals surface area contributed by atoms with Gasteiger partial charge in [-0.2, -0.15) is 5.10 Å². The predicted octanol–water partition coefficient (Wildman–Crippen LogP) is 4.91. The SMILES string of the molecule is CN(CC(=O)N1N=C(c2cccs2)CC1c1cccs1)C(=O)c1ccccc1Cl. The van der Waals surface area contributed by atoms with Crippen molar-refractivity contribution < 1.29 is 9.59 Å². The molecule has 0 fully saturated rings. The molecule has 1 aliphatic heterocycles. The number of halogens is 1. The number of hydrazone groups is 1. The van der Waals surface area contributed by atoms with Crippen molar-refractivity contribution in [1.29, 1.82) is 0 Å². The number of carbonyl (C=O) groups excluding carboxylic acids is 2. The molecule has 0 saturated carbocycles. The normalized spacial score (nSPS) is 16.0. The second-order valence-electron chi connectivity index (χ2n) is 6.64. The minimum absolute atomic E-state index is 0.0762. The van der Waals surface area contributed by atoms with Crippen LogP contribution in [0, 0.1) is 0 Å². The maximum Gasteiger partial charge on any atom is 0.262 e. The number of rotatable bonds is 5. The minimum Gasteiger partial charge on any atom is -0.332 e. The van der Waals surface area contributed by atoms with Crippen molar-refractivity contribution in [3.63, 3.8) is 0 Å². The van der Waals surface area contributed by atoms with Gasteiger partial charge in [0, 0.05) is 18.3 Å². The molecule has 29 heavy (non-hydrogen) atoms. The zero-order chi connectivity index (χ0) is 20.4. The van der Waals surface area contributed by atoms with Crippen LogP contribution in [0.3, 0.4) is 0 Å². The van der Waals surface area contributed by atoms with Crippen LogP contribution in [0.25, 0.3) is 0 Å². The molecule has 1 atom stereocenters. The molecule has 0 aliphatic carbocycles. The number of nitrogens with zero attached hydrogens (tertiary/aromatic N) is 3. The van der Waals surface area contributed by atoms with Crippen LogP contribution in [0.1, 0.15) is 32.6 Å². The fraction of sp³-hybridized carbons (Fsp3) is 0.190. The molecule has 0 bridgehead atoms. The van der Waals surface area contributed by atoms with Gasteiger partial charge in [0.2, 0.25) is 0 Å². The summed E-state index contributed by atoms with van der Waals surface area (Å²) in [6.45, 7) is -0.0762. The zero-order valence-corrected chi connectivity index (χ0v) is 18.0. The van der Waals surface area contributed by atoms with Crippen LogP contribution in [0.5, 0.6) is 0 Å². The van der Waals surface area contributed by atoms with E-state index in [1.54, 1.807) is 54.0 Å². The summed E-state index contributed by atoms with van der Waals surface area (Å²) < 4.78 is 0. The van der Waals surface area contributed by atoms with Gasteiger partial charge >= 0.3 is 0 Å². The van der Waals surface area contributed by atoms with Crippen molar-refractivity contribution in [2.24, 2.45) is 5.10 Å². The first-order valence-electron chi connectivity index (χ1n) is 9.01. The lowest BCUT2D eigenvalue weighted by atomic mass is 10.1. The molecular formula is C21H18ClN3O2S2. The van der Waals surface area contributed by atoms with Crippen LogP contribution in [0.4, 0.5) is 0 Å². The average molecular weight is 444 g/mol. The first-order valence-corrected chi connectivity index (χ1v) is 11.1. The number of amides is 2. The molecule has 0 saturated heterocycles. The molecule has 4 rings (SSSR count). The summed E-state index contributed by atoms with van der Waals surface area (Å²) in [6, 6.07) is 14.7. The van der Waals surface area contributed by atoms with E-state index in [4.69, 9.17) is 11.6 Å². The first kappa shape index (κ1) is 19.8. The van der Waals surface area contributed by atoms with Crippen LogP contribution in [-0.4, -0.2) is 41.0 Å². The quantitative estimate of drug-likeness (QED) is 0.562. The summed E-state index contributed by atoms with van der Waals surface area (Å²) in [6.07, 6.45) is 0.662. The van der Waals surface area contributed by atoms with Gasteiger partial charge in [0.05, 0.1) is 27.2 Å². The molecule has 3 heterocycles. The van der Waals surface area contributed by atoms with Crippen LogP contribution >= 0.6 is 34.3 Å². The predicted molar refractivity (Wildman–Crippen MR) is 118 cm³/mol. The maximum atomic E-state index is 13.1. The summed E-state index contributed by atoms with van der Waals surface area (Å²) in [4.78, 5) is 29.3. The summed E-state index contributed by atoms with van der Waals surface area (Å²) >= 11 is 9.34. The van der Waals surface area contributed by atoms with Crippen molar-refractivity contribution in [2.45, 2.75) is 12.5 Å². The molecule has 0 spiro atoms. The highest BCUT2D eigenvalue weighted by Crippen LogP contribution is 2.36. The molecule has 5 nitrogen and oxygen atoms in total. The number of carbonyl (C=O) groups is 2. The van der Waals surface area contributed by atoms with E-state index < -0.39 is 0 Å². The fourth-order valence-electron chi connectivity index (χ4n) is 3.22. The number of hydrogen-bond acceptors (Lipinski definition) is 5. The standard InChI is InChI=1S/C21H18ClN3O2S2/c1-24(21(27)14-6-2-3-7-15(14)22)13-20(26)25-17(19-9-5-11-29-19)12-16(23-25)18-8-4-10-28-18/h2-11,17H,12-13H2,1H3. The Kier molecular flexibility index (Phi) is 5.80. The monoisotopic (exact) mass is 443 g/mol. The average Bonchev–Trinajstić information content (AvgIpc) is 3.48. The van der Waals surface area contributed by atoms with Crippen molar-refractivity contribution in [3.05, 3.63) is 79.6 Å². The Morgan fingerprint density at radius 3 is 2.59 bits per heavy atom. The van der Waals surface area contributed by atoms with E-state index in [0.717, 1.165) is 15.5 Å². The first-order chi connectivity index (χ1) is 14.0. The summed E-state index contributed by atoms with van der Waals surface area (Å²) in [5, 5.41) is 10.5. The van der Waals surface area contributed by atoms with Gasteiger partial charge in [0.15, 0.2) is 0 Å². The van der Waals surface area contributed by atoms with Crippen LogP contribution in [0.15, 0.2) is 64.4 Å². The van der Waals surface area contributed by atoms with E-state index in [1.807, 2.05) is 35.0 Å². The Morgan fingerprint density at radius 2 is 1.90 bits per heavy atom. The largest absolute Gasteiger partial charge is 0.332 e. The molecule has 1 aliphatic rings. The zero-order valence-electron chi connectivity index (χ0n) is 15.6. The molecule has 2 amide bonds. The van der Waals surface area contributed by atoms with E-state index in [9.17, 15) is 9.59 Å². The van der Waals surface area contributed by atoms with E-state index in [0.29, 0.717) is 17.0 Å². The van der Waals surface area contributed by atoms with Crippen LogP contribution < -0.4 is 0 Å². The molecule has 3 aromatic rings. The molecule has 2 aromatic heterocycles. The number of likely N-dealkylation sites (N-methyl/N-ethyl adjacent to an activating group) is 1. The number of benzene rings is 1. The molecule has 148 valence electrons. The van der Waals surface area contributed by atoms with Gasteiger partial charge in [-0.05, 0) is 35.0 Å². The third-order valence-electron chi connectivity index (χ3n) is 4.67. The minimum atomic E-state index is -0.293. The molecule has 8 heteroatoms. The van der Waals surface area contributed by atoms with E-state index >= 15 is 0 Å². The number of thiophene rings is 2. The van der Waals surface area contributed by atoms with Gasteiger partial charge in [-0.25, -0.2) is 5.01 Å². The second-order valence-corrected chi connectivity index (χ2v) is 8.97. The molecule has 1 unspecified atom stereocenters. The van der Waals surface area contributed by atoms with Crippen molar-refractivity contribution in [3.8, 4) is 0 Å². The Labute approximate surface area is 181 Å². The highest BCUT2D eigenvalue weighted by atomic mass is 35.5. The highest BCUT2D eigenvalue weighted by molar-refractivity contribution is 7.12. The Hall–Kier alpha value is -2.48. The molecular weight excluding hydrogens is 426 g/mol. The van der Waals surface area contributed by atoms with Gasteiger partial charge in [0.1, 0.15) is 6.54 Å². The lowest BCUT2D eigenvalue weighted by Crippen LogP contribution is -2.39. The molecule has 1 aromatic carbocycles. The topological polar surface area (TPSA) is 53.0 Å². The van der Waals surface area contributed by atoms with Crippen molar-refractivity contribution in [1.82, 2.24) is 9.91 Å². The highest BCUT2D eigenvalue weighted by Gasteiger charge is 2.34. The fourth-order valence-corrected chi connectivity index (χ4v) is 4.97. The Bertz CT molecular complexity index is 1050. The van der Waals surface area contributed by atoms with Gasteiger partial charge in [-0.15, -0.1) is 22.7 Å². The number of hydrogen-bond donors (Lipinski definition) is 0. The third-order valence-corrected chi connectivity index (χ3v) is 6.89. The molecule has 0 N–H and O–H groups in total. The summed E-state index contributed by atoms with van der Waals surface area (Å²) in [5.41, 5.74) is 1.27. The lowest BCUT2D eigenvalue weighted by Gasteiger charge is -2.24. The Morgan fingerprint density at radius 1 is 1.14 bits per heavy atom. The summed E-state index contributed by atoms with van der Waals surface area (Å²) in [7, 11) is 1.60. The molecule has 0 radical (unpaired) electrons. The van der Waals surface area contributed by atoms with Crippen LogP contribution in [0.2, 0.25) is 5.02 Å². The van der Waals surface area contributed by atoms with Gasteiger partial charge in [0.25, 0.3) is 11.8 Å².